The zero-order valence-corrected chi connectivity index (χ0v) is 24.3. The molecule has 0 unspecified atom stereocenters. The van der Waals surface area contributed by atoms with Gasteiger partial charge in [-0.2, -0.15) is 5.26 Å². The molecule has 3 aromatic rings. The summed E-state index contributed by atoms with van der Waals surface area (Å²) in [6.45, 7) is 3.86. The lowest BCUT2D eigenvalue weighted by atomic mass is 9.61. The lowest BCUT2D eigenvalue weighted by Gasteiger charge is -2.50. The summed E-state index contributed by atoms with van der Waals surface area (Å²) in [5.74, 6) is 1.62. The lowest BCUT2D eigenvalue weighted by Crippen LogP contribution is -2.49. The molecule has 212 valence electrons. The number of likely N-dealkylation sites (tertiary alicyclic amines) is 1. The first-order valence-electron chi connectivity index (χ1n) is 13.6. The number of hydrogen-bond acceptors (Lipinski definition) is 8. The number of nitriles is 1. The van der Waals surface area contributed by atoms with Gasteiger partial charge >= 0.3 is 0 Å². The Bertz CT molecular complexity index is 1410. The van der Waals surface area contributed by atoms with Crippen LogP contribution in [-0.2, 0) is 0 Å². The predicted octanol–water partition coefficient (Wildman–Crippen LogP) is 6.57. The molecule has 0 atom stereocenters. The SMILES string of the molecule is COc1cc(Nc2c(C#N)cnc3cc(OCCCCN4CCC5(CC4)CC(O)C5)c(OC)cc23)c(Cl)cc1Cl. The highest BCUT2D eigenvalue weighted by Gasteiger charge is 2.44. The second-order valence-electron chi connectivity index (χ2n) is 10.7. The van der Waals surface area contributed by atoms with Crippen LogP contribution in [0.1, 0.15) is 44.1 Å². The number of anilines is 2. The molecule has 10 heteroatoms. The van der Waals surface area contributed by atoms with Gasteiger partial charge in [-0.1, -0.05) is 23.2 Å². The number of aromatic nitrogens is 1. The Labute approximate surface area is 244 Å². The standard InChI is InChI=1S/C30H34Cl2N4O4/c1-38-26-14-25(22(31)12-23(26)32)35-29-19(17-33)18-34-24-13-28(27(39-2)11-21(24)29)40-10-4-3-7-36-8-5-30(6-9-36)15-20(37)16-30/h11-14,18,20,37H,3-10,15-16H2,1-2H3,(H,34,35). The van der Waals surface area contributed by atoms with E-state index in [-0.39, 0.29) is 6.10 Å². The zero-order valence-electron chi connectivity index (χ0n) is 22.8. The molecule has 1 saturated carbocycles. The summed E-state index contributed by atoms with van der Waals surface area (Å²) in [4.78, 5) is 7.02. The molecule has 1 aromatic heterocycles. The molecule has 5 rings (SSSR count). The predicted molar refractivity (Wildman–Crippen MR) is 157 cm³/mol. The average molecular weight is 586 g/mol. The van der Waals surface area contributed by atoms with E-state index in [2.05, 4.69) is 21.3 Å². The molecule has 0 radical (unpaired) electrons. The van der Waals surface area contributed by atoms with Gasteiger partial charge in [-0.05, 0) is 75.7 Å². The van der Waals surface area contributed by atoms with Crippen LogP contribution in [0.15, 0.2) is 30.5 Å². The van der Waals surface area contributed by atoms with Crippen LogP contribution in [0.2, 0.25) is 10.0 Å². The van der Waals surface area contributed by atoms with Crippen LogP contribution in [-0.4, -0.2) is 61.6 Å². The molecule has 0 bridgehead atoms. The Balaban J connectivity index is 1.25. The molecule has 0 amide bonds. The number of rotatable bonds is 10. The third-order valence-electron chi connectivity index (χ3n) is 8.16. The van der Waals surface area contributed by atoms with Gasteiger partial charge < -0.3 is 29.5 Å². The normalized spacial score (nSPS) is 16.9. The van der Waals surface area contributed by atoms with E-state index in [0.717, 1.165) is 45.3 Å². The fourth-order valence-electron chi connectivity index (χ4n) is 5.83. The van der Waals surface area contributed by atoms with E-state index in [4.69, 9.17) is 37.4 Å². The quantitative estimate of drug-likeness (QED) is 0.258. The summed E-state index contributed by atoms with van der Waals surface area (Å²) in [5, 5.41) is 24.2. The van der Waals surface area contributed by atoms with Crippen molar-refractivity contribution in [3.05, 3.63) is 46.1 Å². The van der Waals surface area contributed by atoms with Crippen LogP contribution in [0.3, 0.4) is 0 Å². The van der Waals surface area contributed by atoms with Crippen molar-refractivity contribution in [2.75, 3.05) is 45.8 Å². The van der Waals surface area contributed by atoms with Crippen molar-refractivity contribution < 1.29 is 19.3 Å². The highest BCUT2D eigenvalue weighted by Crippen LogP contribution is 2.49. The molecule has 2 fully saturated rings. The smallest absolute Gasteiger partial charge is 0.163 e. The highest BCUT2D eigenvalue weighted by molar-refractivity contribution is 6.37. The number of aliphatic hydroxyl groups excluding tert-OH is 1. The van der Waals surface area contributed by atoms with E-state index >= 15 is 0 Å². The van der Waals surface area contributed by atoms with Crippen molar-refractivity contribution in [3.8, 4) is 23.3 Å². The Hall–Kier alpha value is -2.96. The van der Waals surface area contributed by atoms with Crippen molar-refractivity contribution in [3.63, 3.8) is 0 Å². The van der Waals surface area contributed by atoms with E-state index in [1.165, 1.54) is 26.1 Å². The monoisotopic (exact) mass is 584 g/mol. The molecule has 1 aliphatic carbocycles. The van der Waals surface area contributed by atoms with E-state index in [9.17, 15) is 10.4 Å². The molecule has 2 N–H and O–H groups in total. The van der Waals surface area contributed by atoms with Crippen LogP contribution in [0.4, 0.5) is 11.4 Å². The van der Waals surface area contributed by atoms with Gasteiger partial charge in [-0.3, -0.25) is 4.98 Å². The maximum Gasteiger partial charge on any atom is 0.163 e. The van der Waals surface area contributed by atoms with Crippen LogP contribution < -0.4 is 19.5 Å². The van der Waals surface area contributed by atoms with E-state index in [1.807, 2.05) is 12.1 Å². The van der Waals surface area contributed by atoms with Gasteiger partial charge in [0.2, 0.25) is 0 Å². The largest absolute Gasteiger partial charge is 0.495 e. The number of piperidine rings is 1. The van der Waals surface area contributed by atoms with Gasteiger partial charge in [0.1, 0.15) is 11.8 Å². The van der Waals surface area contributed by atoms with Gasteiger partial charge in [0.25, 0.3) is 0 Å². The minimum atomic E-state index is -0.0756. The van der Waals surface area contributed by atoms with Crippen molar-refractivity contribution in [2.45, 2.75) is 44.6 Å². The summed E-state index contributed by atoms with van der Waals surface area (Å²) in [6, 6.07) is 9.13. The Kier molecular flexibility index (Phi) is 8.77. The van der Waals surface area contributed by atoms with Crippen molar-refractivity contribution >= 4 is 45.5 Å². The van der Waals surface area contributed by atoms with Crippen molar-refractivity contribution in [1.29, 1.82) is 5.26 Å². The molecule has 2 aromatic carbocycles. The first-order chi connectivity index (χ1) is 19.3. The number of nitrogens with one attached hydrogen (secondary N) is 1. The van der Waals surface area contributed by atoms with Gasteiger partial charge in [-0.15, -0.1) is 0 Å². The zero-order chi connectivity index (χ0) is 28.3. The number of nitrogens with zero attached hydrogens (tertiary/aromatic N) is 3. The molecule has 40 heavy (non-hydrogen) atoms. The van der Waals surface area contributed by atoms with Crippen LogP contribution in [0.25, 0.3) is 10.9 Å². The maximum atomic E-state index is 9.79. The number of aliphatic hydroxyl groups is 1. The van der Waals surface area contributed by atoms with Crippen molar-refractivity contribution in [1.82, 2.24) is 9.88 Å². The molecular formula is C30H34Cl2N4O4. The first kappa shape index (κ1) is 28.6. The summed E-state index contributed by atoms with van der Waals surface area (Å²) < 4.78 is 17.1. The number of fused-ring (bicyclic) bond motifs is 1. The molecule has 8 nitrogen and oxygen atoms in total. The molecule has 1 saturated heterocycles. The molecule has 1 aliphatic heterocycles. The van der Waals surface area contributed by atoms with E-state index < -0.39 is 0 Å². The number of hydrogen-bond donors (Lipinski definition) is 2. The topological polar surface area (TPSA) is 99.9 Å². The highest BCUT2D eigenvalue weighted by atomic mass is 35.5. The number of benzene rings is 2. The number of ether oxygens (including phenoxy) is 3. The molecule has 2 heterocycles. The van der Waals surface area contributed by atoms with Crippen molar-refractivity contribution in [2.24, 2.45) is 5.41 Å². The Morgan fingerprint density at radius 1 is 1.05 bits per heavy atom. The lowest BCUT2D eigenvalue weighted by molar-refractivity contribution is -0.0680. The fourth-order valence-corrected chi connectivity index (χ4v) is 6.33. The van der Waals surface area contributed by atoms with E-state index in [0.29, 0.717) is 67.2 Å². The third-order valence-corrected chi connectivity index (χ3v) is 8.76. The van der Waals surface area contributed by atoms with Crippen LogP contribution in [0, 0.1) is 16.7 Å². The van der Waals surface area contributed by atoms with Gasteiger partial charge in [0.05, 0.1) is 59.4 Å². The molecule has 1 spiro atoms. The van der Waals surface area contributed by atoms with Crippen LogP contribution in [0.5, 0.6) is 17.2 Å². The third kappa shape index (κ3) is 6.03. The van der Waals surface area contributed by atoms with Crippen LogP contribution >= 0.6 is 23.2 Å². The van der Waals surface area contributed by atoms with Gasteiger partial charge in [0.15, 0.2) is 11.5 Å². The van der Waals surface area contributed by atoms with Gasteiger partial charge in [-0.25, -0.2) is 0 Å². The minimum absolute atomic E-state index is 0.0756. The molecule has 2 aliphatic rings. The number of methoxy groups -OCH3 is 2. The molecular weight excluding hydrogens is 551 g/mol. The number of unbranched alkanes of at least 4 members (excludes halogenated alkanes) is 1. The summed E-state index contributed by atoms with van der Waals surface area (Å²) in [5.41, 5.74) is 2.50. The fraction of sp³-hybridized carbons (Fsp3) is 0.467. The van der Waals surface area contributed by atoms with Gasteiger partial charge in [0, 0.05) is 23.7 Å². The minimum Gasteiger partial charge on any atom is -0.495 e. The maximum absolute atomic E-state index is 9.79. The number of halogens is 2. The number of pyridine rings is 1. The average Bonchev–Trinajstić information content (AvgIpc) is 2.94. The summed E-state index contributed by atoms with van der Waals surface area (Å²) in [6.07, 6.45) is 7.78. The Morgan fingerprint density at radius 2 is 1.80 bits per heavy atom. The first-order valence-corrected chi connectivity index (χ1v) is 14.3. The Morgan fingerprint density at radius 3 is 2.48 bits per heavy atom. The summed E-state index contributed by atoms with van der Waals surface area (Å²) >= 11 is 12.6. The second-order valence-corrected chi connectivity index (χ2v) is 11.5. The summed E-state index contributed by atoms with van der Waals surface area (Å²) in [7, 11) is 3.12. The van der Waals surface area contributed by atoms with E-state index in [1.54, 1.807) is 19.2 Å². The second kappa shape index (κ2) is 12.3.